The van der Waals surface area contributed by atoms with Crippen molar-refractivity contribution in [2.75, 3.05) is 11.9 Å². The minimum Gasteiger partial charge on any atom is -0.462 e. The lowest BCUT2D eigenvalue weighted by Gasteiger charge is -2.13. The van der Waals surface area contributed by atoms with E-state index >= 15 is 0 Å². The van der Waals surface area contributed by atoms with Gasteiger partial charge in [-0.15, -0.1) is 0 Å². The minimum atomic E-state index is -4.83. The van der Waals surface area contributed by atoms with Gasteiger partial charge in [0.25, 0.3) is 0 Å². The van der Waals surface area contributed by atoms with Gasteiger partial charge in [-0.05, 0) is 38.1 Å². The molecule has 0 aliphatic heterocycles. The van der Waals surface area contributed by atoms with Gasteiger partial charge in [-0.3, -0.25) is 4.79 Å². The maximum absolute atomic E-state index is 13.6. The molecule has 0 aliphatic rings. The van der Waals surface area contributed by atoms with Gasteiger partial charge in [0.05, 0.1) is 18.5 Å². The van der Waals surface area contributed by atoms with Crippen molar-refractivity contribution in [2.24, 2.45) is 0 Å². The predicted octanol–water partition coefficient (Wildman–Crippen LogP) is 3.33. The Kier molecular flexibility index (Phi) is 6.37. The Bertz CT molecular complexity index is 1070. The molecule has 2 heterocycles. The van der Waals surface area contributed by atoms with E-state index in [0.717, 1.165) is 6.20 Å². The van der Waals surface area contributed by atoms with Crippen LogP contribution in [0.1, 0.15) is 41.1 Å². The second-order valence-corrected chi connectivity index (χ2v) is 6.37. The third kappa shape index (κ3) is 5.27. The lowest BCUT2D eigenvalue weighted by atomic mass is 10.2. The fourth-order valence-electron chi connectivity index (χ4n) is 2.75. The number of hydrogen-bond acceptors (Lipinski definition) is 7. The molecule has 0 spiro atoms. The van der Waals surface area contributed by atoms with E-state index in [1.54, 1.807) is 6.92 Å². The SMILES string of the molecule is CCOC(=O)c1cnn(-c2ccc(NC(=O)CCc3nc(C)no3)cc2)c1C(F)(F)F. The minimum absolute atomic E-state index is 0.0576. The van der Waals surface area contributed by atoms with Crippen LogP contribution in [0.25, 0.3) is 5.69 Å². The second kappa shape index (κ2) is 8.98. The Morgan fingerprint density at radius 2 is 1.94 bits per heavy atom. The van der Waals surface area contributed by atoms with E-state index in [-0.39, 0.29) is 31.0 Å². The van der Waals surface area contributed by atoms with Gasteiger partial charge in [-0.25, -0.2) is 9.48 Å². The number of aromatic nitrogens is 4. The van der Waals surface area contributed by atoms with Crippen LogP contribution >= 0.6 is 0 Å². The topological polar surface area (TPSA) is 112 Å². The highest BCUT2D eigenvalue weighted by molar-refractivity contribution is 5.91. The number of esters is 1. The van der Waals surface area contributed by atoms with Crippen molar-refractivity contribution in [3.05, 3.63) is 53.4 Å². The molecule has 0 radical (unpaired) electrons. The molecule has 9 nitrogen and oxygen atoms in total. The average molecular weight is 437 g/mol. The van der Waals surface area contributed by atoms with Gasteiger partial charge in [0.15, 0.2) is 11.5 Å². The van der Waals surface area contributed by atoms with Gasteiger partial charge >= 0.3 is 12.1 Å². The van der Waals surface area contributed by atoms with Crippen LogP contribution in [0.15, 0.2) is 35.0 Å². The van der Waals surface area contributed by atoms with Gasteiger partial charge in [0.2, 0.25) is 11.8 Å². The van der Waals surface area contributed by atoms with E-state index in [1.807, 2.05) is 0 Å². The number of alkyl halides is 3. The molecule has 0 aliphatic carbocycles. The van der Waals surface area contributed by atoms with Crippen molar-refractivity contribution in [2.45, 2.75) is 32.9 Å². The maximum Gasteiger partial charge on any atom is 0.434 e. The van der Waals surface area contributed by atoms with E-state index in [9.17, 15) is 22.8 Å². The third-order valence-electron chi connectivity index (χ3n) is 4.06. The summed E-state index contributed by atoms with van der Waals surface area (Å²) in [6, 6.07) is 5.54. The maximum atomic E-state index is 13.6. The molecule has 0 saturated heterocycles. The van der Waals surface area contributed by atoms with E-state index in [0.29, 0.717) is 22.1 Å². The summed E-state index contributed by atoms with van der Waals surface area (Å²) < 4.78 is 50.9. The molecule has 1 amide bonds. The molecule has 0 atom stereocenters. The normalized spacial score (nSPS) is 11.4. The number of hydrogen-bond donors (Lipinski definition) is 1. The highest BCUT2D eigenvalue weighted by Gasteiger charge is 2.41. The molecule has 164 valence electrons. The Labute approximate surface area is 174 Å². The Morgan fingerprint density at radius 3 is 2.52 bits per heavy atom. The molecule has 3 aromatic rings. The van der Waals surface area contributed by atoms with Crippen LogP contribution in [0.3, 0.4) is 0 Å². The molecule has 0 fully saturated rings. The van der Waals surface area contributed by atoms with Crippen LogP contribution < -0.4 is 5.32 Å². The molecule has 0 bridgehead atoms. The van der Waals surface area contributed by atoms with Gasteiger partial charge in [0.1, 0.15) is 5.56 Å². The highest BCUT2D eigenvalue weighted by Crippen LogP contribution is 2.34. The van der Waals surface area contributed by atoms with Crippen LogP contribution in [0.5, 0.6) is 0 Å². The Hall–Kier alpha value is -3.70. The number of nitrogens with one attached hydrogen (secondary N) is 1. The summed E-state index contributed by atoms with van der Waals surface area (Å²) in [5, 5.41) is 9.95. The summed E-state index contributed by atoms with van der Waals surface area (Å²) in [5.41, 5.74) is -1.48. The number of halogens is 3. The first-order chi connectivity index (χ1) is 14.7. The Balaban J connectivity index is 1.73. The quantitative estimate of drug-likeness (QED) is 0.564. The van der Waals surface area contributed by atoms with Gasteiger partial charge < -0.3 is 14.6 Å². The molecular formula is C19H18F3N5O4. The van der Waals surface area contributed by atoms with Crippen LogP contribution in [0, 0.1) is 6.92 Å². The largest absolute Gasteiger partial charge is 0.462 e. The molecule has 3 rings (SSSR count). The number of carbonyl (C=O) groups is 2. The zero-order valence-corrected chi connectivity index (χ0v) is 16.6. The number of amides is 1. The molecule has 12 heteroatoms. The Morgan fingerprint density at radius 1 is 1.23 bits per heavy atom. The zero-order valence-electron chi connectivity index (χ0n) is 16.6. The summed E-state index contributed by atoms with van der Waals surface area (Å²) in [5.74, 6) is -0.641. The number of ether oxygens (including phenoxy) is 1. The number of anilines is 1. The van der Waals surface area contributed by atoms with E-state index in [4.69, 9.17) is 4.52 Å². The zero-order chi connectivity index (χ0) is 22.6. The van der Waals surface area contributed by atoms with Crippen molar-refractivity contribution < 1.29 is 32.0 Å². The van der Waals surface area contributed by atoms with Crippen LogP contribution in [0.2, 0.25) is 0 Å². The summed E-state index contributed by atoms with van der Waals surface area (Å²) in [7, 11) is 0. The number of benzene rings is 1. The first kappa shape index (κ1) is 22.0. The average Bonchev–Trinajstić information content (AvgIpc) is 3.33. The first-order valence-electron chi connectivity index (χ1n) is 9.21. The fourth-order valence-corrected chi connectivity index (χ4v) is 2.75. The van der Waals surface area contributed by atoms with Gasteiger partial charge in [-0.1, -0.05) is 5.16 Å². The van der Waals surface area contributed by atoms with Crippen molar-refractivity contribution in [3.8, 4) is 5.69 Å². The van der Waals surface area contributed by atoms with Gasteiger partial charge in [0, 0.05) is 18.5 Å². The molecule has 31 heavy (non-hydrogen) atoms. The van der Waals surface area contributed by atoms with E-state index < -0.39 is 23.4 Å². The molecule has 2 aromatic heterocycles. The standard InChI is InChI=1S/C19H18F3N5O4/c1-3-30-18(29)14-10-23-27(17(14)19(20,21)22)13-6-4-12(5-7-13)25-15(28)8-9-16-24-11(2)26-31-16/h4-7,10H,3,8-9H2,1-2H3,(H,25,28). The summed E-state index contributed by atoms with van der Waals surface area (Å²) in [6.07, 6.45) is -3.68. The molecule has 1 aromatic carbocycles. The number of carbonyl (C=O) groups excluding carboxylic acids is 2. The van der Waals surface area contributed by atoms with Crippen LogP contribution in [-0.4, -0.2) is 38.4 Å². The fraction of sp³-hybridized carbons (Fsp3) is 0.316. The van der Waals surface area contributed by atoms with Crippen LogP contribution in [0.4, 0.5) is 18.9 Å². The number of nitrogens with zero attached hydrogens (tertiary/aromatic N) is 4. The summed E-state index contributed by atoms with van der Waals surface area (Å²) >= 11 is 0. The molecular weight excluding hydrogens is 419 g/mol. The van der Waals surface area contributed by atoms with Gasteiger partial charge in [-0.2, -0.15) is 23.3 Å². The van der Waals surface area contributed by atoms with Crippen molar-refractivity contribution >= 4 is 17.6 Å². The molecule has 1 N–H and O–H groups in total. The summed E-state index contributed by atoms with van der Waals surface area (Å²) in [4.78, 5) is 27.9. The second-order valence-electron chi connectivity index (χ2n) is 6.37. The highest BCUT2D eigenvalue weighted by atomic mass is 19.4. The predicted molar refractivity (Wildman–Crippen MR) is 101 cm³/mol. The van der Waals surface area contributed by atoms with Crippen molar-refractivity contribution in [1.29, 1.82) is 0 Å². The number of rotatable bonds is 7. The smallest absolute Gasteiger partial charge is 0.434 e. The first-order valence-corrected chi connectivity index (χ1v) is 9.21. The van der Waals surface area contributed by atoms with Crippen molar-refractivity contribution in [1.82, 2.24) is 19.9 Å². The number of aryl methyl sites for hydroxylation is 2. The third-order valence-corrected chi connectivity index (χ3v) is 4.06. The molecule has 0 saturated carbocycles. The monoisotopic (exact) mass is 437 g/mol. The molecule has 0 unspecified atom stereocenters. The van der Waals surface area contributed by atoms with Crippen molar-refractivity contribution in [3.63, 3.8) is 0 Å². The lowest BCUT2D eigenvalue weighted by Crippen LogP contribution is -2.18. The lowest BCUT2D eigenvalue weighted by molar-refractivity contribution is -0.143. The van der Waals surface area contributed by atoms with E-state index in [1.165, 1.54) is 31.2 Å². The summed E-state index contributed by atoms with van der Waals surface area (Å²) in [6.45, 7) is 3.08. The van der Waals surface area contributed by atoms with Crippen LogP contribution in [-0.2, 0) is 22.1 Å². The van der Waals surface area contributed by atoms with E-state index in [2.05, 4.69) is 25.3 Å².